The molecule has 0 aliphatic heterocycles. The lowest BCUT2D eigenvalue weighted by Gasteiger charge is -2.15. The standard InChI is InChI=1S/C12H20N2O2/c1-10(14-7-6-13-8-9-15)11-4-2-3-5-12(11)16/h2-5,10,13-16H,6-9H2,1H3. The molecule has 0 radical (unpaired) electrons. The Morgan fingerprint density at radius 2 is 1.94 bits per heavy atom. The molecule has 0 saturated heterocycles. The van der Waals surface area contributed by atoms with Gasteiger partial charge in [0.1, 0.15) is 5.75 Å². The van der Waals surface area contributed by atoms with Crippen molar-refractivity contribution in [2.75, 3.05) is 26.2 Å². The predicted octanol–water partition coefficient (Wildman–Crippen LogP) is 0.625. The van der Waals surface area contributed by atoms with Crippen LogP contribution >= 0.6 is 0 Å². The van der Waals surface area contributed by atoms with E-state index in [0.717, 1.165) is 18.7 Å². The fourth-order valence-electron chi connectivity index (χ4n) is 1.54. The number of aliphatic hydroxyl groups is 1. The van der Waals surface area contributed by atoms with Gasteiger partial charge in [0.15, 0.2) is 0 Å². The summed E-state index contributed by atoms with van der Waals surface area (Å²) in [4.78, 5) is 0. The first kappa shape index (κ1) is 13.0. The maximum atomic E-state index is 9.63. The van der Waals surface area contributed by atoms with Crippen molar-refractivity contribution in [1.82, 2.24) is 10.6 Å². The van der Waals surface area contributed by atoms with Gasteiger partial charge in [-0.25, -0.2) is 0 Å². The van der Waals surface area contributed by atoms with Gasteiger partial charge in [-0.3, -0.25) is 0 Å². The predicted molar refractivity (Wildman–Crippen MR) is 64.5 cm³/mol. The molecule has 0 bridgehead atoms. The third-order valence-electron chi connectivity index (χ3n) is 2.44. The van der Waals surface area contributed by atoms with E-state index < -0.39 is 0 Å². The van der Waals surface area contributed by atoms with Crippen LogP contribution in [0.2, 0.25) is 0 Å². The second-order valence-electron chi connectivity index (χ2n) is 3.71. The Bertz CT molecular complexity index is 305. The molecule has 0 aliphatic carbocycles. The van der Waals surface area contributed by atoms with Crippen LogP contribution in [0, 0.1) is 0 Å². The Morgan fingerprint density at radius 3 is 2.62 bits per heavy atom. The SMILES string of the molecule is CC(NCCNCCO)c1ccccc1O. The van der Waals surface area contributed by atoms with Crippen molar-refractivity contribution in [3.8, 4) is 5.75 Å². The van der Waals surface area contributed by atoms with E-state index >= 15 is 0 Å². The van der Waals surface area contributed by atoms with Crippen molar-refractivity contribution in [2.24, 2.45) is 0 Å². The lowest BCUT2D eigenvalue weighted by atomic mass is 10.1. The van der Waals surface area contributed by atoms with Gasteiger partial charge in [0.05, 0.1) is 6.61 Å². The van der Waals surface area contributed by atoms with Crippen LogP contribution in [0.15, 0.2) is 24.3 Å². The van der Waals surface area contributed by atoms with E-state index in [1.54, 1.807) is 6.07 Å². The van der Waals surface area contributed by atoms with E-state index in [4.69, 9.17) is 5.11 Å². The van der Waals surface area contributed by atoms with Crippen LogP contribution < -0.4 is 10.6 Å². The summed E-state index contributed by atoms with van der Waals surface area (Å²) in [7, 11) is 0. The van der Waals surface area contributed by atoms with Crippen LogP contribution in [-0.2, 0) is 0 Å². The molecule has 90 valence electrons. The molecule has 0 saturated carbocycles. The maximum absolute atomic E-state index is 9.63. The minimum absolute atomic E-state index is 0.122. The van der Waals surface area contributed by atoms with E-state index in [1.807, 2.05) is 25.1 Å². The van der Waals surface area contributed by atoms with Crippen molar-refractivity contribution < 1.29 is 10.2 Å². The average molecular weight is 224 g/mol. The number of aromatic hydroxyl groups is 1. The Labute approximate surface area is 96.3 Å². The first-order chi connectivity index (χ1) is 7.75. The van der Waals surface area contributed by atoms with E-state index in [-0.39, 0.29) is 12.6 Å². The highest BCUT2D eigenvalue weighted by Gasteiger charge is 2.07. The summed E-state index contributed by atoms with van der Waals surface area (Å²) in [6, 6.07) is 7.45. The van der Waals surface area contributed by atoms with Gasteiger partial charge in [0, 0.05) is 31.2 Å². The average Bonchev–Trinajstić information content (AvgIpc) is 2.29. The fraction of sp³-hybridized carbons (Fsp3) is 0.500. The highest BCUT2D eigenvalue weighted by molar-refractivity contribution is 5.34. The number of phenolic OH excluding ortho intramolecular Hbond substituents is 1. The van der Waals surface area contributed by atoms with Crippen LogP contribution in [0.1, 0.15) is 18.5 Å². The molecular formula is C12H20N2O2. The van der Waals surface area contributed by atoms with Gasteiger partial charge in [0.2, 0.25) is 0 Å². The van der Waals surface area contributed by atoms with E-state index in [0.29, 0.717) is 12.3 Å². The molecule has 1 aromatic rings. The third kappa shape index (κ3) is 4.18. The second-order valence-corrected chi connectivity index (χ2v) is 3.71. The van der Waals surface area contributed by atoms with Gasteiger partial charge in [0.25, 0.3) is 0 Å². The molecule has 0 heterocycles. The number of phenols is 1. The Hall–Kier alpha value is -1.10. The van der Waals surface area contributed by atoms with Crippen LogP contribution in [-0.4, -0.2) is 36.5 Å². The van der Waals surface area contributed by atoms with E-state index in [1.165, 1.54) is 0 Å². The number of rotatable bonds is 7. The van der Waals surface area contributed by atoms with Crippen molar-refractivity contribution in [3.05, 3.63) is 29.8 Å². The topological polar surface area (TPSA) is 64.5 Å². The molecular weight excluding hydrogens is 204 g/mol. The second kappa shape index (κ2) is 7.22. The highest BCUT2D eigenvalue weighted by atomic mass is 16.3. The van der Waals surface area contributed by atoms with Crippen LogP contribution in [0.4, 0.5) is 0 Å². The zero-order chi connectivity index (χ0) is 11.8. The van der Waals surface area contributed by atoms with Gasteiger partial charge in [-0.1, -0.05) is 18.2 Å². The van der Waals surface area contributed by atoms with Gasteiger partial charge in [-0.15, -0.1) is 0 Å². The third-order valence-corrected chi connectivity index (χ3v) is 2.44. The van der Waals surface area contributed by atoms with Crippen LogP contribution in [0.5, 0.6) is 5.75 Å². The van der Waals surface area contributed by atoms with Gasteiger partial charge in [-0.05, 0) is 13.0 Å². The largest absolute Gasteiger partial charge is 0.508 e. The summed E-state index contributed by atoms with van der Waals surface area (Å²) in [5.74, 6) is 0.325. The Kier molecular flexibility index (Phi) is 5.85. The van der Waals surface area contributed by atoms with E-state index in [9.17, 15) is 5.11 Å². The number of para-hydroxylation sites is 1. The smallest absolute Gasteiger partial charge is 0.120 e. The summed E-state index contributed by atoms with van der Waals surface area (Å²) in [6.45, 7) is 4.40. The molecule has 0 aromatic heterocycles. The van der Waals surface area contributed by atoms with Crippen molar-refractivity contribution in [2.45, 2.75) is 13.0 Å². The molecule has 4 heteroatoms. The number of benzene rings is 1. The zero-order valence-corrected chi connectivity index (χ0v) is 9.61. The summed E-state index contributed by atoms with van der Waals surface area (Å²) < 4.78 is 0. The number of aliphatic hydroxyl groups excluding tert-OH is 1. The van der Waals surface area contributed by atoms with Crippen molar-refractivity contribution in [1.29, 1.82) is 0 Å². The number of hydrogen-bond acceptors (Lipinski definition) is 4. The summed E-state index contributed by atoms with van der Waals surface area (Å²) in [5.41, 5.74) is 0.907. The molecule has 1 rings (SSSR count). The van der Waals surface area contributed by atoms with Crippen LogP contribution in [0.25, 0.3) is 0 Å². The quantitative estimate of drug-likeness (QED) is 0.513. The van der Waals surface area contributed by atoms with Crippen molar-refractivity contribution >= 4 is 0 Å². The highest BCUT2D eigenvalue weighted by Crippen LogP contribution is 2.22. The first-order valence-corrected chi connectivity index (χ1v) is 5.58. The molecule has 4 N–H and O–H groups in total. The molecule has 16 heavy (non-hydrogen) atoms. The molecule has 0 amide bonds. The lowest BCUT2D eigenvalue weighted by Crippen LogP contribution is -2.30. The van der Waals surface area contributed by atoms with Gasteiger partial charge in [-0.2, -0.15) is 0 Å². The van der Waals surface area contributed by atoms with E-state index in [2.05, 4.69) is 10.6 Å². The summed E-state index contributed by atoms with van der Waals surface area (Å²) in [5, 5.41) is 24.6. The summed E-state index contributed by atoms with van der Waals surface area (Å²) >= 11 is 0. The summed E-state index contributed by atoms with van der Waals surface area (Å²) in [6.07, 6.45) is 0. The Balaban J connectivity index is 2.30. The van der Waals surface area contributed by atoms with Gasteiger partial charge < -0.3 is 20.8 Å². The Morgan fingerprint density at radius 1 is 1.19 bits per heavy atom. The minimum atomic E-state index is 0.122. The molecule has 0 spiro atoms. The monoisotopic (exact) mass is 224 g/mol. The molecule has 1 atom stereocenters. The minimum Gasteiger partial charge on any atom is -0.508 e. The normalized spacial score (nSPS) is 12.6. The van der Waals surface area contributed by atoms with Crippen molar-refractivity contribution in [3.63, 3.8) is 0 Å². The molecule has 1 aromatic carbocycles. The molecule has 0 aliphatic rings. The molecule has 1 unspecified atom stereocenters. The molecule has 0 fully saturated rings. The molecule has 4 nitrogen and oxygen atoms in total. The fourth-order valence-corrected chi connectivity index (χ4v) is 1.54. The first-order valence-electron chi connectivity index (χ1n) is 5.58. The zero-order valence-electron chi connectivity index (χ0n) is 9.61. The lowest BCUT2D eigenvalue weighted by molar-refractivity contribution is 0.292. The van der Waals surface area contributed by atoms with Crippen LogP contribution in [0.3, 0.4) is 0 Å². The van der Waals surface area contributed by atoms with Gasteiger partial charge >= 0.3 is 0 Å². The number of hydrogen-bond donors (Lipinski definition) is 4. The number of nitrogens with one attached hydrogen (secondary N) is 2. The maximum Gasteiger partial charge on any atom is 0.120 e.